The van der Waals surface area contributed by atoms with Gasteiger partial charge in [0.05, 0.1) is 5.69 Å². The van der Waals surface area contributed by atoms with Gasteiger partial charge >= 0.3 is 0 Å². The fourth-order valence-electron chi connectivity index (χ4n) is 3.16. The van der Waals surface area contributed by atoms with E-state index in [1.54, 1.807) is 0 Å². The number of rotatable bonds is 4. The molecule has 0 bridgehead atoms. The molecule has 130 valence electrons. The molecule has 1 aromatic carbocycles. The monoisotopic (exact) mass is 354 g/mol. The maximum atomic E-state index is 12.1. The molecule has 0 saturated carbocycles. The Labute approximate surface area is 152 Å². The number of likely N-dealkylation sites (tertiary alicyclic amines) is 1. The zero-order valence-electron chi connectivity index (χ0n) is 14.6. The molecule has 0 unspecified atom stereocenters. The smallest absolute Gasteiger partial charge is 0.270 e. The molecule has 6 heteroatoms. The summed E-state index contributed by atoms with van der Waals surface area (Å²) in [5.74, 6) is 0.811. The average Bonchev–Trinajstić information content (AvgIpc) is 2.63. The summed E-state index contributed by atoms with van der Waals surface area (Å²) in [7, 11) is 0. The lowest BCUT2D eigenvalue weighted by molar-refractivity contribution is 0.185. The minimum atomic E-state index is -0.382. The van der Waals surface area contributed by atoms with Crippen LogP contribution in [0.3, 0.4) is 0 Å². The summed E-state index contributed by atoms with van der Waals surface area (Å²) in [6.45, 7) is 5.44. The minimum absolute atomic E-state index is 0.0711. The molecule has 3 rings (SSSR count). The summed E-state index contributed by atoms with van der Waals surface area (Å²) in [6.07, 6.45) is 4.33. The lowest BCUT2D eigenvalue weighted by Crippen LogP contribution is -2.32. The fourth-order valence-corrected chi connectivity index (χ4v) is 3.53. The standard InChI is InChI=1S/C19H22N4OS/c1-13-6-8-23(9-7-13)12-14-4-3-5-15(10-14)17-16(11-20)18(24)22-19(21-17)25-2/h3-5,10,13H,6-9,12H2,1-2H3,(H,21,22,24). The Morgan fingerprint density at radius 3 is 2.84 bits per heavy atom. The van der Waals surface area contributed by atoms with E-state index in [-0.39, 0.29) is 11.1 Å². The SMILES string of the molecule is CSc1nc(-c2cccc(CN3CCC(C)CC3)c2)c(C#N)c(=O)[nH]1. The summed E-state index contributed by atoms with van der Waals surface area (Å²) >= 11 is 1.36. The van der Waals surface area contributed by atoms with Gasteiger partial charge < -0.3 is 4.98 Å². The quantitative estimate of drug-likeness (QED) is 0.674. The molecule has 2 aromatic rings. The first-order valence-electron chi connectivity index (χ1n) is 8.50. The van der Waals surface area contributed by atoms with Gasteiger partial charge in [-0.05, 0) is 49.7 Å². The zero-order chi connectivity index (χ0) is 17.8. The van der Waals surface area contributed by atoms with Crippen LogP contribution >= 0.6 is 11.8 Å². The van der Waals surface area contributed by atoms with Gasteiger partial charge in [0, 0.05) is 12.1 Å². The van der Waals surface area contributed by atoms with E-state index in [0.717, 1.165) is 31.1 Å². The predicted octanol–water partition coefficient (Wildman–Crippen LogP) is 3.26. The second-order valence-electron chi connectivity index (χ2n) is 6.57. The first-order valence-corrected chi connectivity index (χ1v) is 9.73. The number of aromatic nitrogens is 2. The van der Waals surface area contributed by atoms with Crippen LogP contribution in [0.15, 0.2) is 34.2 Å². The lowest BCUT2D eigenvalue weighted by atomic mass is 9.98. The highest BCUT2D eigenvalue weighted by molar-refractivity contribution is 7.98. The molecular formula is C19H22N4OS. The molecule has 0 atom stereocenters. The number of benzene rings is 1. The van der Waals surface area contributed by atoms with E-state index >= 15 is 0 Å². The lowest BCUT2D eigenvalue weighted by Gasteiger charge is -2.30. The molecule has 0 aliphatic carbocycles. The Bertz CT molecular complexity index is 847. The van der Waals surface area contributed by atoms with Crippen molar-refractivity contribution in [3.63, 3.8) is 0 Å². The molecule has 5 nitrogen and oxygen atoms in total. The highest BCUT2D eigenvalue weighted by Gasteiger charge is 2.17. The number of thioether (sulfide) groups is 1. The third-order valence-electron chi connectivity index (χ3n) is 4.69. The van der Waals surface area contributed by atoms with Crippen molar-refractivity contribution in [2.75, 3.05) is 19.3 Å². The normalized spacial score (nSPS) is 15.9. The van der Waals surface area contributed by atoms with Crippen LogP contribution < -0.4 is 5.56 Å². The molecule has 2 heterocycles. The minimum Gasteiger partial charge on any atom is -0.300 e. The first kappa shape index (κ1) is 17.7. The van der Waals surface area contributed by atoms with Gasteiger partial charge in [-0.25, -0.2) is 4.98 Å². The van der Waals surface area contributed by atoms with E-state index in [2.05, 4.69) is 27.9 Å². The van der Waals surface area contributed by atoms with E-state index in [9.17, 15) is 10.1 Å². The highest BCUT2D eigenvalue weighted by atomic mass is 32.2. The van der Waals surface area contributed by atoms with Crippen LogP contribution in [0.2, 0.25) is 0 Å². The van der Waals surface area contributed by atoms with Crippen molar-refractivity contribution in [3.05, 3.63) is 45.7 Å². The van der Waals surface area contributed by atoms with E-state index in [4.69, 9.17) is 0 Å². The Balaban J connectivity index is 1.90. The van der Waals surface area contributed by atoms with Gasteiger partial charge in [-0.15, -0.1) is 0 Å². The van der Waals surface area contributed by atoms with Crippen LogP contribution in [-0.4, -0.2) is 34.2 Å². The summed E-state index contributed by atoms with van der Waals surface area (Å²) in [6, 6.07) is 10.0. The third-order valence-corrected chi connectivity index (χ3v) is 5.27. The average molecular weight is 354 g/mol. The Morgan fingerprint density at radius 1 is 1.40 bits per heavy atom. The molecule has 1 aliphatic heterocycles. The molecule has 1 aromatic heterocycles. The second-order valence-corrected chi connectivity index (χ2v) is 7.36. The van der Waals surface area contributed by atoms with Crippen LogP contribution in [0.1, 0.15) is 30.9 Å². The van der Waals surface area contributed by atoms with Gasteiger partial charge in [0.25, 0.3) is 5.56 Å². The van der Waals surface area contributed by atoms with Crippen molar-refractivity contribution in [2.45, 2.75) is 31.5 Å². The number of nitrogens with one attached hydrogen (secondary N) is 1. The Morgan fingerprint density at radius 2 is 2.16 bits per heavy atom. The van der Waals surface area contributed by atoms with Crippen molar-refractivity contribution in [3.8, 4) is 17.3 Å². The zero-order valence-corrected chi connectivity index (χ0v) is 15.4. The summed E-state index contributed by atoms with van der Waals surface area (Å²) in [4.78, 5) is 21.7. The van der Waals surface area contributed by atoms with Crippen LogP contribution in [0, 0.1) is 17.2 Å². The van der Waals surface area contributed by atoms with Gasteiger partial charge in [0.2, 0.25) is 0 Å². The molecule has 1 N–H and O–H groups in total. The first-order chi connectivity index (χ1) is 12.1. The highest BCUT2D eigenvalue weighted by Crippen LogP contribution is 2.24. The van der Waals surface area contributed by atoms with Gasteiger partial charge in [0.1, 0.15) is 11.6 Å². The fraction of sp³-hybridized carbons (Fsp3) is 0.421. The van der Waals surface area contributed by atoms with Crippen LogP contribution in [0.25, 0.3) is 11.3 Å². The molecule has 0 amide bonds. The number of H-pyrrole nitrogens is 1. The van der Waals surface area contributed by atoms with Crippen molar-refractivity contribution >= 4 is 11.8 Å². The molecule has 25 heavy (non-hydrogen) atoms. The Hall–Kier alpha value is -2.10. The van der Waals surface area contributed by atoms with Crippen molar-refractivity contribution in [2.24, 2.45) is 5.92 Å². The van der Waals surface area contributed by atoms with Crippen molar-refractivity contribution in [1.82, 2.24) is 14.9 Å². The summed E-state index contributed by atoms with van der Waals surface area (Å²) < 4.78 is 0. The van der Waals surface area contributed by atoms with Gasteiger partial charge in [0.15, 0.2) is 5.16 Å². The number of hydrogen-bond acceptors (Lipinski definition) is 5. The van der Waals surface area contributed by atoms with E-state index in [1.165, 1.54) is 30.2 Å². The van der Waals surface area contributed by atoms with E-state index in [1.807, 2.05) is 30.5 Å². The van der Waals surface area contributed by atoms with Gasteiger partial charge in [-0.2, -0.15) is 5.26 Å². The van der Waals surface area contributed by atoms with Crippen LogP contribution in [0.4, 0.5) is 0 Å². The van der Waals surface area contributed by atoms with Crippen LogP contribution in [0.5, 0.6) is 0 Å². The predicted molar refractivity (Wildman–Crippen MR) is 100 cm³/mol. The summed E-state index contributed by atoms with van der Waals surface area (Å²) in [5, 5.41) is 9.88. The van der Waals surface area contributed by atoms with Gasteiger partial charge in [-0.1, -0.05) is 36.9 Å². The summed E-state index contributed by atoms with van der Waals surface area (Å²) in [5.41, 5.74) is 2.16. The van der Waals surface area contributed by atoms with Crippen molar-refractivity contribution in [1.29, 1.82) is 5.26 Å². The number of nitrogens with zero attached hydrogens (tertiary/aromatic N) is 3. The number of piperidine rings is 1. The topological polar surface area (TPSA) is 72.8 Å². The van der Waals surface area contributed by atoms with Crippen LogP contribution in [-0.2, 0) is 6.54 Å². The molecule has 0 spiro atoms. The van der Waals surface area contributed by atoms with E-state index in [0.29, 0.717) is 10.9 Å². The number of aromatic amines is 1. The number of nitriles is 1. The molecule has 0 radical (unpaired) electrons. The molecular weight excluding hydrogens is 332 g/mol. The largest absolute Gasteiger partial charge is 0.300 e. The van der Waals surface area contributed by atoms with Crippen molar-refractivity contribution < 1.29 is 0 Å². The Kier molecular flexibility index (Phi) is 5.57. The molecule has 1 aliphatic rings. The van der Waals surface area contributed by atoms with Gasteiger partial charge in [-0.3, -0.25) is 9.69 Å². The van der Waals surface area contributed by atoms with E-state index < -0.39 is 0 Å². The second kappa shape index (κ2) is 7.85. The maximum Gasteiger partial charge on any atom is 0.270 e. The maximum absolute atomic E-state index is 12.1. The molecule has 1 saturated heterocycles. The molecule has 1 fully saturated rings. The number of hydrogen-bond donors (Lipinski definition) is 1. The third kappa shape index (κ3) is 4.12.